The van der Waals surface area contributed by atoms with Crippen molar-refractivity contribution in [3.8, 4) is 0 Å². The molecule has 1 aromatic heterocycles. The van der Waals surface area contributed by atoms with Crippen LogP contribution in [-0.4, -0.2) is 20.5 Å². The number of rotatable bonds is 8. The molecule has 2 fully saturated rings. The van der Waals surface area contributed by atoms with Crippen molar-refractivity contribution < 1.29 is 8.42 Å². The molecule has 2 aliphatic rings. The Bertz CT molecular complexity index is 601. The summed E-state index contributed by atoms with van der Waals surface area (Å²) in [6, 6.07) is 2.50. The van der Waals surface area contributed by atoms with Gasteiger partial charge in [-0.15, -0.1) is 11.3 Å². The molecule has 21 heavy (non-hydrogen) atoms. The van der Waals surface area contributed by atoms with E-state index in [-0.39, 0.29) is 6.04 Å². The highest BCUT2D eigenvalue weighted by Crippen LogP contribution is 2.34. The van der Waals surface area contributed by atoms with Crippen LogP contribution in [-0.2, 0) is 16.6 Å². The summed E-state index contributed by atoms with van der Waals surface area (Å²) in [6.45, 7) is 4.64. The van der Waals surface area contributed by atoms with E-state index in [9.17, 15) is 8.42 Å². The third kappa shape index (κ3) is 4.28. The lowest BCUT2D eigenvalue weighted by atomic mass is 10.2. The number of hydrogen-bond acceptors (Lipinski definition) is 4. The van der Waals surface area contributed by atoms with E-state index in [0.717, 1.165) is 28.6 Å². The van der Waals surface area contributed by atoms with Crippen molar-refractivity contribution in [3.63, 3.8) is 0 Å². The van der Waals surface area contributed by atoms with Gasteiger partial charge in [-0.2, -0.15) is 0 Å². The first-order chi connectivity index (χ1) is 9.94. The van der Waals surface area contributed by atoms with Gasteiger partial charge < -0.3 is 5.32 Å². The highest BCUT2D eigenvalue weighted by Gasteiger charge is 2.28. The molecule has 1 unspecified atom stereocenters. The predicted octanol–water partition coefficient (Wildman–Crippen LogP) is 2.78. The Morgan fingerprint density at radius 1 is 1.33 bits per heavy atom. The van der Waals surface area contributed by atoms with Crippen LogP contribution in [0.3, 0.4) is 0 Å². The third-order valence-electron chi connectivity index (χ3n) is 4.10. The molecule has 0 aromatic carbocycles. The van der Waals surface area contributed by atoms with E-state index in [1.54, 1.807) is 11.3 Å². The second-order valence-corrected chi connectivity index (χ2v) is 9.51. The van der Waals surface area contributed by atoms with Crippen LogP contribution in [0.4, 0.5) is 0 Å². The fourth-order valence-corrected chi connectivity index (χ4v) is 5.48. The highest BCUT2D eigenvalue weighted by molar-refractivity contribution is 7.89. The minimum Gasteiger partial charge on any atom is -0.309 e. The number of sulfonamides is 1. The Morgan fingerprint density at radius 3 is 2.67 bits per heavy atom. The average Bonchev–Trinajstić information content (AvgIpc) is 3.28. The van der Waals surface area contributed by atoms with E-state index in [1.165, 1.54) is 25.7 Å². The lowest BCUT2D eigenvalue weighted by Gasteiger charge is -2.13. The van der Waals surface area contributed by atoms with E-state index in [2.05, 4.69) is 10.0 Å². The maximum absolute atomic E-state index is 12.5. The zero-order valence-electron chi connectivity index (χ0n) is 12.7. The van der Waals surface area contributed by atoms with Gasteiger partial charge in [-0.25, -0.2) is 13.1 Å². The van der Waals surface area contributed by atoms with Gasteiger partial charge in [0.2, 0.25) is 10.0 Å². The van der Waals surface area contributed by atoms with Crippen LogP contribution >= 0.6 is 11.3 Å². The normalized spacial score (nSPS) is 20.7. The van der Waals surface area contributed by atoms with Gasteiger partial charge in [0.05, 0.1) is 4.90 Å². The van der Waals surface area contributed by atoms with Crippen LogP contribution in [0.1, 0.15) is 48.8 Å². The zero-order valence-corrected chi connectivity index (χ0v) is 14.3. The van der Waals surface area contributed by atoms with Crippen molar-refractivity contribution in [2.45, 2.75) is 69.5 Å². The summed E-state index contributed by atoms with van der Waals surface area (Å²) in [4.78, 5) is 2.45. The molecule has 1 atom stereocenters. The van der Waals surface area contributed by atoms with Gasteiger partial charge in [0.1, 0.15) is 0 Å². The molecule has 0 saturated heterocycles. The molecule has 6 heteroatoms. The fourth-order valence-electron chi connectivity index (χ4n) is 2.64. The maximum atomic E-state index is 12.5. The van der Waals surface area contributed by atoms with E-state index in [0.29, 0.717) is 10.9 Å². The Hall–Kier alpha value is -0.430. The van der Waals surface area contributed by atoms with Crippen LogP contribution in [0.25, 0.3) is 0 Å². The number of thiophene rings is 1. The average molecular weight is 329 g/mol. The molecule has 1 heterocycles. The molecule has 2 saturated carbocycles. The highest BCUT2D eigenvalue weighted by atomic mass is 32.2. The van der Waals surface area contributed by atoms with Crippen LogP contribution in [0.2, 0.25) is 0 Å². The summed E-state index contributed by atoms with van der Waals surface area (Å²) in [5, 5.41) is 3.44. The first-order valence-corrected chi connectivity index (χ1v) is 10.1. The summed E-state index contributed by atoms with van der Waals surface area (Å²) in [6.07, 6.45) is 5.95. The molecule has 0 bridgehead atoms. The Kier molecular flexibility index (Phi) is 4.41. The van der Waals surface area contributed by atoms with Crippen molar-refractivity contribution in [1.29, 1.82) is 0 Å². The summed E-state index contributed by atoms with van der Waals surface area (Å²) in [7, 11) is -3.38. The molecule has 118 valence electrons. The first kappa shape index (κ1) is 15.5. The molecule has 3 rings (SSSR count). The van der Waals surface area contributed by atoms with Gasteiger partial charge in [-0.3, -0.25) is 0 Å². The van der Waals surface area contributed by atoms with Crippen molar-refractivity contribution in [2.24, 2.45) is 5.92 Å². The monoisotopic (exact) mass is 328 g/mol. The lowest BCUT2D eigenvalue weighted by molar-refractivity contribution is 0.530. The standard InChI is InChI=1S/C15H24N2O2S2/c1-10(7-12-3-4-12)17-21(18,19)15-8-14(20-11(15)2)9-16-13-5-6-13/h8,10,12-13,16-17H,3-7,9H2,1-2H3. The van der Waals surface area contributed by atoms with Crippen LogP contribution in [0.5, 0.6) is 0 Å². The molecule has 0 aliphatic heterocycles. The van der Waals surface area contributed by atoms with E-state index in [1.807, 2.05) is 19.9 Å². The van der Waals surface area contributed by atoms with Crippen LogP contribution in [0, 0.1) is 12.8 Å². The minimum absolute atomic E-state index is 0.0230. The van der Waals surface area contributed by atoms with Gasteiger partial charge in [-0.1, -0.05) is 12.8 Å². The lowest BCUT2D eigenvalue weighted by Crippen LogP contribution is -2.33. The predicted molar refractivity (Wildman–Crippen MR) is 86.0 cm³/mol. The zero-order chi connectivity index (χ0) is 15.0. The van der Waals surface area contributed by atoms with Crippen molar-refractivity contribution in [1.82, 2.24) is 10.0 Å². The molecule has 0 amide bonds. The molecule has 0 spiro atoms. The smallest absolute Gasteiger partial charge is 0.241 e. The first-order valence-electron chi connectivity index (χ1n) is 7.79. The summed E-state index contributed by atoms with van der Waals surface area (Å²) >= 11 is 1.58. The number of aryl methyl sites for hydroxylation is 1. The van der Waals surface area contributed by atoms with E-state index < -0.39 is 10.0 Å². The Morgan fingerprint density at radius 2 is 2.05 bits per heavy atom. The topological polar surface area (TPSA) is 58.2 Å². The quantitative estimate of drug-likeness (QED) is 0.771. The SMILES string of the molecule is Cc1sc(CNC2CC2)cc1S(=O)(=O)NC(C)CC1CC1. The Balaban J connectivity index is 1.64. The molecule has 1 aromatic rings. The summed E-state index contributed by atoms with van der Waals surface area (Å²) < 4.78 is 27.8. The minimum atomic E-state index is -3.38. The van der Waals surface area contributed by atoms with Gasteiger partial charge in [0, 0.05) is 28.4 Å². The van der Waals surface area contributed by atoms with Crippen LogP contribution in [0.15, 0.2) is 11.0 Å². The molecule has 0 radical (unpaired) electrons. The second kappa shape index (κ2) is 5.99. The molecular formula is C15H24N2O2S2. The van der Waals surface area contributed by atoms with Crippen molar-refractivity contribution in [2.75, 3.05) is 0 Å². The van der Waals surface area contributed by atoms with E-state index >= 15 is 0 Å². The molecule has 2 aliphatic carbocycles. The largest absolute Gasteiger partial charge is 0.309 e. The van der Waals surface area contributed by atoms with Crippen LogP contribution < -0.4 is 10.0 Å². The van der Waals surface area contributed by atoms with E-state index in [4.69, 9.17) is 0 Å². The van der Waals surface area contributed by atoms with Gasteiger partial charge in [0.15, 0.2) is 0 Å². The third-order valence-corrected chi connectivity index (χ3v) is 6.99. The maximum Gasteiger partial charge on any atom is 0.241 e. The molecule has 4 nitrogen and oxygen atoms in total. The fraction of sp³-hybridized carbons (Fsp3) is 0.733. The molecule has 2 N–H and O–H groups in total. The van der Waals surface area contributed by atoms with Crippen molar-refractivity contribution in [3.05, 3.63) is 15.8 Å². The van der Waals surface area contributed by atoms with Gasteiger partial charge >= 0.3 is 0 Å². The summed E-state index contributed by atoms with van der Waals surface area (Å²) in [5.41, 5.74) is 0. The second-order valence-electron chi connectivity index (χ2n) is 6.49. The van der Waals surface area contributed by atoms with Gasteiger partial charge in [-0.05, 0) is 45.1 Å². The summed E-state index contributed by atoms with van der Waals surface area (Å²) in [5.74, 6) is 0.726. The number of hydrogen-bond donors (Lipinski definition) is 2. The number of nitrogens with one attached hydrogen (secondary N) is 2. The van der Waals surface area contributed by atoms with Crippen molar-refractivity contribution >= 4 is 21.4 Å². The molecular weight excluding hydrogens is 304 g/mol. The Labute approximate surface area is 131 Å². The van der Waals surface area contributed by atoms with Gasteiger partial charge in [0.25, 0.3) is 0 Å².